The standard InChI is InChI=1S/C28H37N7OS/c1-17(2)24-25(22-15-35-27(30-16-31-35)19(4)18(22)3)32-33-26(24)28-29-13-23(37-28)21-5-9-34(10-6-21)14-20-7-11-36-12-8-20/h13,15-17,20-21H,5-12,14H2,1-4H3,(H,32,33). The third-order valence-corrected chi connectivity index (χ3v) is 9.52. The molecule has 4 aromatic rings. The molecule has 6 rings (SSSR count). The number of hydrogen-bond donors (Lipinski definition) is 1. The van der Waals surface area contributed by atoms with E-state index in [1.807, 2.05) is 15.9 Å². The average molecular weight is 520 g/mol. The summed E-state index contributed by atoms with van der Waals surface area (Å²) in [6.07, 6.45) is 10.6. The van der Waals surface area contributed by atoms with Crippen molar-refractivity contribution in [2.45, 2.75) is 65.2 Å². The number of likely N-dealkylation sites (tertiary alicyclic amines) is 1. The summed E-state index contributed by atoms with van der Waals surface area (Å²) in [5.41, 5.74) is 7.56. The van der Waals surface area contributed by atoms with Crippen molar-refractivity contribution in [3.05, 3.63) is 40.3 Å². The Morgan fingerprint density at radius 1 is 1.08 bits per heavy atom. The number of piperidine rings is 1. The summed E-state index contributed by atoms with van der Waals surface area (Å²) >= 11 is 1.84. The monoisotopic (exact) mass is 519 g/mol. The second-order valence-electron chi connectivity index (χ2n) is 11.0. The van der Waals surface area contributed by atoms with Gasteiger partial charge in [0.25, 0.3) is 0 Å². The van der Waals surface area contributed by atoms with Crippen molar-refractivity contribution in [1.29, 1.82) is 0 Å². The van der Waals surface area contributed by atoms with Crippen molar-refractivity contribution in [3.8, 4) is 22.0 Å². The van der Waals surface area contributed by atoms with E-state index >= 15 is 0 Å². The smallest absolute Gasteiger partial charge is 0.158 e. The fraction of sp³-hybridized carbons (Fsp3) is 0.571. The molecule has 0 saturated carbocycles. The number of ether oxygens (including phenoxy) is 1. The van der Waals surface area contributed by atoms with Crippen molar-refractivity contribution < 1.29 is 4.74 Å². The van der Waals surface area contributed by atoms with Crippen molar-refractivity contribution in [3.63, 3.8) is 0 Å². The maximum atomic E-state index is 5.54. The van der Waals surface area contributed by atoms with E-state index < -0.39 is 0 Å². The lowest BCUT2D eigenvalue weighted by atomic mass is 9.93. The normalized spacial score (nSPS) is 18.4. The number of aryl methyl sites for hydroxylation is 1. The highest BCUT2D eigenvalue weighted by Crippen LogP contribution is 2.41. The van der Waals surface area contributed by atoms with Crippen LogP contribution in [-0.4, -0.2) is 67.5 Å². The van der Waals surface area contributed by atoms with E-state index in [4.69, 9.17) is 14.8 Å². The van der Waals surface area contributed by atoms with Crippen molar-refractivity contribution in [2.24, 2.45) is 5.92 Å². The first kappa shape index (κ1) is 24.7. The molecule has 37 heavy (non-hydrogen) atoms. The summed E-state index contributed by atoms with van der Waals surface area (Å²) in [4.78, 5) is 13.4. The molecule has 9 heteroatoms. The van der Waals surface area contributed by atoms with Crippen LogP contribution in [0.2, 0.25) is 0 Å². The van der Waals surface area contributed by atoms with Crippen molar-refractivity contribution >= 4 is 17.0 Å². The zero-order chi connectivity index (χ0) is 25.5. The molecule has 0 amide bonds. The molecule has 0 bridgehead atoms. The van der Waals surface area contributed by atoms with Crippen LogP contribution in [0.5, 0.6) is 0 Å². The third kappa shape index (κ3) is 4.73. The lowest BCUT2D eigenvalue weighted by Crippen LogP contribution is -2.37. The predicted octanol–water partition coefficient (Wildman–Crippen LogP) is 5.59. The molecule has 0 unspecified atom stereocenters. The first-order valence-corrected chi connectivity index (χ1v) is 14.5. The zero-order valence-electron chi connectivity index (χ0n) is 22.3. The van der Waals surface area contributed by atoms with Gasteiger partial charge in [0.15, 0.2) is 5.65 Å². The minimum Gasteiger partial charge on any atom is -0.381 e. The molecule has 8 nitrogen and oxygen atoms in total. The Bertz CT molecular complexity index is 1370. The number of rotatable bonds is 6. The SMILES string of the molecule is Cc1c(-c2n[nH]c(-c3ncc(C4CCN(CC5CCOCC5)CC4)s3)c2C(C)C)cn2ncnc2c1C. The van der Waals surface area contributed by atoms with Gasteiger partial charge >= 0.3 is 0 Å². The topological polar surface area (TPSA) is 84.2 Å². The molecule has 6 heterocycles. The molecule has 0 radical (unpaired) electrons. The number of nitrogens with one attached hydrogen (secondary N) is 1. The molecule has 4 aromatic heterocycles. The van der Waals surface area contributed by atoms with Gasteiger partial charge in [-0.25, -0.2) is 14.5 Å². The van der Waals surface area contributed by atoms with Gasteiger partial charge in [-0.15, -0.1) is 11.3 Å². The molecular weight excluding hydrogens is 482 g/mol. The number of aromatic nitrogens is 6. The van der Waals surface area contributed by atoms with Crippen LogP contribution >= 0.6 is 11.3 Å². The average Bonchev–Trinajstić information content (AvgIpc) is 3.66. The summed E-state index contributed by atoms with van der Waals surface area (Å²) in [7, 11) is 0. The van der Waals surface area contributed by atoms with Crippen LogP contribution in [0.1, 0.15) is 72.9 Å². The fourth-order valence-electron chi connectivity index (χ4n) is 6.01. The largest absolute Gasteiger partial charge is 0.381 e. The maximum Gasteiger partial charge on any atom is 0.158 e. The molecule has 0 spiro atoms. The Labute approximate surface area is 222 Å². The Balaban J connectivity index is 1.22. The van der Waals surface area contributed by atoms with Gasteiger partial charge in [0.2, 0.25) is 0 Å². The second kappa shape index (κ2) is 10.3. The van der Waals surface area contributed by atoms with Crippen molar-refractivity contribution in [2.75, 3.05) is 32.8 Å². The number of pyridine rings is 1. The van der Waals surface area contributed by atoms with Gasteiger partial charge in [-0.3, -0.25) is 5.10 Å². The summed E-state index contributed by atoms with van der Waals surface area (Å²) in [5, 5.41) is 13.6. The molecule has 0 aliphatic carbocycles. The van der Waals surface area contributed by atoms with Crippen LogP contribution in [0.3, 0.4) is 0 Å². The molecule has 2 saturated heterocycles. The van der Waals surface area contributed by atoms with E-state index in [9.17, 15) is 0 Å². The Morgan fingerprint density at radius 2 is 1.86 bits per heavy atom. The van der Waals surface area contributed by atoms with Gasteiger partial charge in [0, 0.05) is 48.2 Å². The highest BCUT2D eigenvalue weighted by Gasteiger charge is 2.27. The predicted molar refractivity (Wildman–Crippen MR) is 147 cm³/mol. The van der Waals surface area contributed by atoms with Gasteiger partial charge in [0.1, 0.15) is 11.3 Å². The summed E-state index contributed by atoms with van der Waals surface area (Å²) in [6, 6.07) is 0. The summed E-state index contributed by atoms with van der Waals surface area (Å²) in [6.45, 7) is 14.2. The fourth-order valence-corrected chi connectivity index (χ4v) is 7.10. The molecule has 0 aromatic carbocycles. The van der Waals surface area contributed by atoms with Gasteiger partial charge < -0.3 is 9.64 Å². The first-order valence-electron chi connectivity index (χ1n) is 13.6. The summed E-state index contributed by atoms with van der Waals surface area (Å²) in [5.74, 6) is 1.71. The molecule has 1 N–H and O–H groups in total. The quantitative estimate of drug-likeness (QED) is 0.358. The highest BCUT2D eigenvalue weighted by atomic mass is 32.1. The number of nitrogens with zero attached hydrogens (tertiary/aromatic N) is 6. The van der Waals surface area contributed by atoms with Crippen LogP contribution in [0.4, 0.5) is 0 Å². The van der Waals surface area contributed by atoms with E-state index in [1.54, 1.807) is 6.33 Å². The van der Waals surface area contributed by atoms with Crippen LogP contribution in [0.15, 0.2) is 18.7 Å². The Hall–Kier alpha value is -2.62. The molecule has 2 aliphatic rings. The van der Waals surface area contributed by atoms with Crippen LogP contribution < -0.4 is 0 Å². The number of fused-ring (bicyclic) bond motifs is 1. The van der Waals surface area contributed by atoms with E-state index in [0.29, 0.717) is 11.8 Å². The van der Waals surface area contributed by atoms with Gasteiger partial charge in [-0.2, -0.15) is 10.2 Å². The zero-order valence-corrected chi connectivity index (χ0v) is 23.1. The number of aromatic amines is 1. The second-order valence-corrected chi connectivity index (χ2v) is 12.1. The van der Waals surface area contributed by atoms with Crippen LogP contribution in [0.25, 0.3) is 27.6 Å². The molecule has 2 aliphatic heterocycles. The first-order chi connectivity index (χ1) is 18.0. The third-order valence-electron chi connectivity index (χ3n) is 8.35. The van der Waals surface area contributed by atoms with Crippen molar-refractivity contribution in [1.82, 2.24) is 34.7 Å². The molecule has 0 atom stereocenters. The molecular formula is C28H37N7OS. The lowest BCUT2D eigenvalue weighted by Gasteiger charge is -2.35. The van der Waals surface area contributed by atoms with Gasteiger partial charge in [0.05, 0.1) is 11.4 Å². The maximum absolute atomic E-state index is 5.54. The number of thiazole rings is 1. The van der Waals surface area contributed by atoms with E-state index in [2.05, 4.69) is 60.2 Å². The lowest BCUT2D eigenvalue weighted by molar-refractivity contribution is 0.0488. The molecule has 2 fully saturated rings. The van der Waals surface area contributed by atoms with E-state index in [1.165, 1.54) is 61.3 Å². The Kier molecular flexibility index (Phi) is 6.86. The highest BCUT2D eigenvalue weighted by molar-refractivity contribution is 7.15. The minimum atomic E-state index is 0.302. The Morgan fingerprint density at radius 3 is 2.62 bits per heavy atom. The van der Waals surface area contributed by atoms with Gasteiger partial charge in [-0.05, 0) is 81.5 Å². The number of H-pyrrole nitrogens is 1. The summed E-state index contributed by atoms with van der Waals surface area (Å²) < 4.78 is 7.39. The van der Waals surface area contributed by atoms with E-state index in [-0.39, 0.29) is 0 Å². The van der Waals surface area contributed by atoms with Crippen LogP contribution in [0, 0.1) is 19.8 Å². The minimum absolute atomic E-state index is 0.302. The molecule has 196 valence electrons. The van der Waals surface area contributed by atoms with Crippen LogP contribution in [-0.2, 0) is 4.74 Å². The van der Waals surface area contributed by atoms with E-state index in [0.717, 1.165) is 52.3 Å². The number of hydrogen-bond acceptors (Lipinski definition) is 7. The van der Waals surface area contributed by atoms with Gasteiger partial charge in [-0.1, -0.05) is 13.8 Å².